The molecule has 0 unspecified atom stereocenters. The minimum Gasteiger partial charge on any atom is -0.481 e. The van der Waals surface area contributed by atoms with Crippen LogP contribution >= 0.6 is 0 Å². The van der Waals surface area contributed by atoms with Crippen LogP contribution in [0.3, 0.4) is 0 Å². The molecule has 1 heterocycles. The Bertz CT molecular complexity index is 375. The van der Waals surface area contributed by atoms with E-state index in [9.17, 15) is 9.59 Å². The third-order valence-corrected chi connectivity index (χ3v) is 4.36. The Morgan fingerprint density at radius 1 is 1.21 bits per heavy atom. The van der Waals surface area contributed by atoms with Crippen molar-refractivity contribution in [2.75, 3.05) is 13.1 Å². The van der Waals surface area contributed by atoms with Gasteiger partial charge in [0, 0.05) is 13.1 Å². The molecule has 1 saturated carbocycles. The molecular formula is C14H24N2O3. The highest BCUT2D eigenvalue weighted by Crippen LogP contribution is 2.35. The Labute approximate surface area is 114 Å². The van der Waals surface area contributed by atoms with E-state index in [1.807, 2.05) is 4.90 Å². The minimum atomic E-state index is -0.834. The van der Waals surface area contributed by atoms with Crippen molar-refractivity contribution in [3.63, 3.8) is 0 Å². The Morgan fingerprint density at radius 2 is 1.89 bits per heavy atom. The van der Waals surface area contributed by atoms with E-state index >= 15 is 0 Å². The molecule has 2 rings (SSSR count). The number of urea groups is 1. The molecule has 108 valence electrons. The standard InChI is InChI=1S/C14H24N2O3/c1-13(2)5-4-8-16(10-13)12(19)15-14(6-3-7-14)9-11(17)18/h3-10H2,1-2H3,(H,15,19)(H,17,18). The molecule has 0 aromatic rings. The van der Waals surface area contributed by atoms with Gasteiger partial charge < -0.3 is 15.3 Å². The predicted octanol–water partition coefficient (Wildman–Crippen LogP) is 2.22. The van der Waals surface area contributed by atoms with E-state index in [1.54, 1.807) is 0 Å². The third-order valence-electron chi connectivity index (χ3n) is 4.36. The van der Waals surface area contributed by atoms with Crippen LogP contribution in [-0.2, 0) is 4.79 Å². The molecule has 2 N–H and O–H groups in total. The summed E-state index contributed by atoms with van der Waals surface area (Å²) in [6.45, 7) is 5.87. The highest BCUT2D eigenvalue weighted by molar-refractivity contribution is 5.77. The fourth-order valence-electron chi connectivity index (χ4n) is 3.14. The van der Waals surface area contributed by atoms with Crippen LogP contribution in [0.1, 0.15) is 52.4 Å². The first-order valence-corrected chi connectivity index (χ1v) is 7.11. The van der Waals surface area contributed by atoms with Crippen molar-refractivity contribution in [3.05, 3.63) is 0 Å². The first-order chi connectivity index (χ1) is 8.82. The molecule has 19 heavy (non-hydrogen) atoms. The number of hydrogen-bond acceptors (Lipinski definition) is 2. The lowest BCUT2D eigenvalue weighted by Gasteiger charge is -2.44. The lowest BCUT2D eigenvalue weighted by molar-refractivity contribution is -0.139. The molecule has 0 radical (unpaired) electrons. The second-order valence-electron chi connectivity index (χ2n) is 6.82. The fraction of sp³-hybridized carbons (Fsp3) is 0.857. The quantitative estimate of drug-likeness (QED) is 0.824. The van der Waals surface area contributed by atoms with Gasteiger partial charge in [-0.3, -0.25) is 4.79 Å². The molecular weight excluding hydrogens is 244 g/mol. The van der Waals surface area contributed by atoms with Crippen molar-refractivity contribution < 1.29 is 14.7 Å². The Hall–Kier alpha value is -1.26. The summed E-state index contributed by atoms with van der Waals surface area (Å²) in [5, 5.41) is 11.9. The molecule has 5 nitrogen and oxygen atoms in total. The highest BCUT2D eigenvalue weighted by Gasteiger charge is 2.42. The highest BCUT2D eigenvalue weighted by atomic mass is 16.4. The summed E-state index contributed by atoms with van der Waals surface area (Å²) in [5.74, 6) is -0.834. The van der Waals surface area contributed by atoms with Gasteiger partial charge in [0.15, 0.2) is 0 Å². The van der Waals surface area contributed by atoms with Gasteiger partial charge in [-0.1, -0.05) is 13.8 Å². The Kier molecular flexibility index (Phi) is 3.74. The van der Waals surface area contributed by atoms with Crippen molar-refractivity contribution in [1.82, 2.24) is 10.2 Å². The van der Waals surface area contributed by atoms with Crippen LogP contribution < -0.4 is 5.32 Å². The molecule has 0 atom stereocenters. The van der Waals surface area contributed by atoms with E-state index < -0.39 is 11.5 Å². The van der Waals surface area contributed by atoms with Gasteiger partial charge in [0.25, 0.3) is 0 Å². The van der Waals surface area contributed by atoms with E-state index in [4.69, 9.17) is 5.11 Å². The number of amides is 2. The largest absolute Gasteiger partial charge is 0.481 e. The van der Waals surface area contributed by atoms with Crippen LogP contribution in [0.5, 0.6) is 0 Å². The average Bonchev–Trinajstić information content (AvgIpc) is 2.23. The van der Waals surface area contributed by atoms with Crippen LogP contribution in [0.4, 0.5) is 4.79 Å². The average molecular weight is 268 g/mol. The van der Waals surface area contributed by atoms with Gasteiger partial charge in [0.2, 0.25) is 0 Å². The summed E-state index contributed by atoms with van der Waals surface area (Å²) in [4.78, 5) is 25.0. The normalized spacial score (nSPS) is 24.4. The van der Waals surface area contributed by atoms with Gasteiger partial charge in [-0.25, -0.2) is 4.79 Å². The van der Waals surface area contributed by atoms with Crippen LogP contribution in [-0.4, -0.2) is 40.6 Å². The zero-order valence-electron chi connectivity index (χ0n) is 11.9. The van der Waals surface area contributed by atoms with Crippen molar-refractivity contribution >= 4 is 12.0 Å². The van der Waals surface area contributed by atoms with E-state index in [1.165, 1.54) is 0 Å². The number of nitrogens with zero attached hydrogens (tertiary/aromatic N) is 1. The van der Waals surface area contributed by atoms with Crippen LogP contribution in [0.25, 0.3) is 0 Å². The second kappa shape index (κ2) is 5.02. The number of aliphatic carboxylic acids is 1. The number of carbonyl (C=O) groups excluding carboxylic acids is 1. The summed E-state index contributed by atoms with van der Waals surface area (Å²) in [7, 11) is 0. The van der Waals surface area contributed by atoms with Gasteiger partial charge in [0.05, 0.1) is 12.0 Å². The maximum absolute atomic E-state index is 12.3. The van der Waals surface area contributed by atoms with Gasteiger partial charge in [-0.2, -0.15) is 0 Å². The summed E-state index contributed by atoms with van der Waals surface area (Å²) >= 11 is 0. The van der Waals surface area contributed by atoms with E-state index in [0.717, 1.165) is 45.2 Å². The SMILES string of the molecule is CC1(C)CCCN(C(=O)NC2(CC(=O)O)CCC2)C1. The van der Waals surface area contributed by atoms with Gasteiger partial charge in [-0.05, 0) is 37.5 Å². The smallest absolute Gasteiger partial charge is 0.317 e. The minimum absolute atomic E-state index is 0.0377. The predicted molar refractivity (Wildman–Crippen MR) is 72.0 cm³/mol. The molecule has 0 bridgehead atoms. The van der Waals surface area contributed by atoms with Crippen molar-refractivity contribution in [3.8, 4) is 0 Å². The van der Waals surface area contributed by atoms with Crippen LogP contribution in [0, 0.1) is 5.41 Å². The van der Waals surface area contributed by atoms with Crippen LogP contribution in [0.2, 0.25) is 0 Å². The number of carboxylic acid groups (broad SMARTS) is 1. The number of carboxylic acids is 1. The number of nitrogens with one attached hydrogen (secondary N) is 1. The summed E-state index contributed by atoms with van der Waals surface area (Å²) < 4.78 is 0. The van der Waals surface area contributed by atoms with Gasteiger partial charge in [0.1, 0.15) is 0 Å². The molecule has 2 aliphatic rings. The lowest BCUT2D eigenvalue weighted by Crippen LogP contribution is -2.59. The second-order valence-corrected chi connectivity index (χ2v) is 6.82. The lowest BCUT2D eigenvalue weighted by atomic mass is 9.74. The molecule has 0 aromatic carbocycles. The van der Waals surface area contributed by atoms with Crippen molar-refractivity contribution in [1.29, 1.82) is 0 Å². The third kappa shape index (κ3) is 3.39. The molecule has 1 aliphatic carbocycles. The monoisotopic (exact) mass is 268 g/mol. The Balaban J connectivity index is 1.94. The Morgan fingerprint density at radius 3 is 2.37 bits per heavy atom. The first-order valence-electron chi connectivity index (χ1n) is 7.11. The van der Waals surface area contributed by atoms with Crippen LogP contribution in [0.15, 0.2) is 0 Å². The molecule has 0 spiro atoms. The zero-order chi connectivity index (χ0) is 14.1. The molecule has 2 amide bonds. The molecule has 2 fully saturated rings. The first kappa shape index (κ1) is 14.2. The van der Waals surface area contributed by atoms with E-state index in [-0.39, 0.29) is 17.9 Å². The molecule has 1 saturated heterocycles. The maximum Gasteiger partial charge on any atom is 0.317 e. The molecule has 0 aromatic heterocycles. The summed E-state index contributed by atoms with van der Waals surface area (Å²) in [6, 6.07) is -0.0891. The zero-order valence-corrected chi connectivity index (χ0v) is 11.9. The maximum atomic E-state index is 12.3. The van der Waals surface area contributed by atoms with E-state index in [2.05, 4.69) is 19.2 Å². The van der Waals surface area contributed by atoms with Gasteiger partial charge >= 0.3 is 12.0 Å². The summed E-state index contributed by atoms with van der Waals surface area (Å²) in [5.41, 5.74) is -0.334. The molecule has 5 heteroatoms. The number of piperidine rings is 1. The number of hydrogen-bond donors (Lipinski definition) is 2. The number of carbonyl (C=O) groups is 2. The number of likely N-dealkylation sites (tertiary alicyclic amines) is 1. The van der Waals surface area contributed by atoms with Crippen molar-refractivity contribution in [2.24, 2.45) is 5.41 Å². The summed E-state index contributed by atoms with van der Waals surface area (Å²) in [6.07, 6.45) is 4.75. The topological polar surface area (TPSA) is 69.6 Å². The molecule has 1 aliphatic heterocycles. The van der Waals surface area contributed by atoms with Crippen molar-refractivity contribution in [2.45, 2.75) is 57.9 Å². The fourth-order valence-corrected chi connectivity index (χ4v) is 3.14. The van der Waals surface area contributed by atoms with Gasteiger partial charge in [-0.15, -0.1) is 0 Å². The van der Waals surface area contributed by atoms with E-state index in [0.29, 0.717) is 0 Å². The number of rotatable bonds is 3.